The van der Waals surface area contributed by atoms with Crippen LogP contribution in [-0.2, 0) is 0 Å². The summed E-state index contributed by atoms with van der Waals surface area (Å²) in [5.74, 6) is 0.0492. The zero-order valence-electron chi connectivity index (χ0n) is 9.33. The van der Waals surface area contributed by atoms with E-state index in [1.54, 1.807) is 0 Å². The molecule has 17 heavy (non-hydrogen) atoms. The van der Waals surface area contributed by atoms with Gasteiger partial charge in [-0.15, -0.1) is 11.3 Å². The van der Waals surface area contributed by atoms with Gasteiger partial charge in [-0.25, -0.2) is 0 Å². The average molecular weight is 399 g/mol. The van der Waals surface area contributed by atoms with Gasteiger partial charge in [-0.05, 0) is 63.4 Å². The predicted molar refractivity (Wildman–Crippen MR) is 82.1 cm³/mol. The molecule has 0 aromatic carbocycles. The molecule has 1 aromatic heterocycles. The molecule has 0 aliphatic heterocycles. The fourth-order valence-corrected chi connectivity index (χ4v) is 4.74. The summed E-state index contributed by atoms with van der Waals surface area (Å²) >= 11 is 10.2. The van der Waals surface area contributed by atoms with E-state index in [-0.39, 0.29) is 5.91 Å². The number of amides is 1. The summed E-state index contributed by atoms with van der Waals surface area (Å²) in [5.41, 5.74) is 0. The number of nitrogens with one attached hydrogen (secondary N) is 1. The lowest BCUT2D eigenvalue weighted by Gasteiger charge is -2.11. The Kier molecular flexibility index (Phi) is 4.97. The molecule has 2 nitrogen and oxygen atoms in total. The number of carbonyl (C=O) groups excluding carboxylic acids is 1. The quantitative estimate of drug-likeness (QED) is 0.822. The third-order valence-electron chi connectivity index (χ3n) is 2.92. The third-order valence-corrected chi connectivity index (χ3v) is 7.27. The zero-order valence-corrected chi connectivity index (χ0v) is 14.1. The molecule has 1 amide bonds. The monoisotopic (exact) mass is 397 g/mol. The Morgan fingerprint density at radius 1 is 1.53 bits per heavy atom. The van der Waals surface area contributed by atoms with Crippen LogP contribution >= 0.6 is 55.0 Å². The van der Waals surface area contributed by atoms with Crippen molar-refractivity contribution in [1.82, 2.24) is 5.32 Å². The van der Waals surface area contributed by atoms with E-state index in [2.05, 4.69) is 43.4 Å². The van der Waals surface area contributed by atoms with Crippen LogP contribution in [0.15, 0.2) is 14.3 Å². The molecule has 1 aliphatic rings. The molecule has 0 radical (unpaired) electrons. The van der Waals surface area contributed by atoms with Gasteiger partial charge in [0.05, 0.1) is 8.66 Å². The number of rotatable bonds is 3. The van der Waals surface area contributed by atoms with Crippen LogP contribution in [0.4, 0.5) is 0 Å². The Labute approximate surface area is 126 Å². The molecule has 1 aliphatic carbocycles. The van der Waals surface area contributed by atoms with Crippen molar-refractivity contribution in [3.8, 4) is 0 Å². The summed E-state index contributed by atoms with van der Waals surface area (Å²) in [4.78, 5) is 12.8. The first-order valence-corrected chi connectivity index (χ1v) is 9.07. The topological polar surface area (TPSA) is 29.1 Å². The first-order valence-electron chi connectivity index (χ1n) is 5.38. The highest BCUT2D eigenvalue weighted by Gasteiger charge is 2.26. The van der Waals surface area contributed by atoms with Gasteiger partial charge in [-0.3, -0.25) is 4.79 Å². The van der Waals surface area contributed by atoms with E-state index in [9.17, 15) is 4.79 Å². The van der Waals surface area contributed by atoms with Crippen molar-refractivity contribution in [3.05, 3.63) is 19.2 Å². The first-order chi connectivity index (χ1) is 8.10. The Morgan fingerprint density at radius 3 is 2.82 bits per heavy atom. The standard InChI is InChI=1S/C11H13Br2NOS2/c1-16-7-3-2-6(4-7)14-11(15)9-5-8(12)10(13)17-9/h5-7H,2-4H2,1H3,(H,14,15). The van der Waals surface area contributed by atoms with Gasteiger partial charge in [-0.2, -0.15) is 11.8 Å². The third kappa shape index (κ3) is 3.49. The number of carbonyl (C=O) groups is 1. The van der Waals surface area contributed by atoms with Crippen molar-refractivity contribution < 1.29 is 4.79 Å². The van der Waals surface area contributed by atoms with Gasteiger partial charge in [0.1, 0.15) is 0 Å². The average Bonchev–Trinajstić information content (AvgIpc) is 2.87. The van der Waals surface area contributed by atoms with E-state index in [1.165, 1.54) is 17.8 Å². The smallest absolute Gasteiger partial charge is 0.261 e. The van der Waals surface area contributed by atoms with Gasteiger partial charge in [-0.1, -0.05) is 0 Å². The van der Waals surface area contributed by atoms with Crippen LogP contribution in [-0.4, -0.2) is 23.5 Å². The van der Waals surface area contributed by atoms with Crippen molar-refractivity contribution in [3.63, 3.8) is 0 Å². The van der Waals surface area contributed by atoms with Crippen LogP contribution in [0, 0.1) is 0 Å². The highest BCUT2D eigenvalue weighted by Crippen LogP contribution is 2.33. The molecular formula is C11H13Br2NOS2. The lowest BCUT2D eigenvalue weighted by molar-refractivity contribution is 0.0942. The number of hydrogen-bond donors (Lipinski definition) is 1. The molecule has 0 spiro atoms. The second-order valence-electron chi connectivity index (χ2n) is 4.07. The molecule has 1 fully saturated rings. The maximum Gasteiger partial charge on any atom is 0.261 e. The molecule has 6 heteroatoms. The molecule has 1 saturated carbocycles. The van der Waals surface area contributed by atoms with Crippen molar-refractivity contribution in [2.45, 2.75) is 30.6 Å². The van der Waals surface area contributed by atoms with Gasteiger partial charge in [0.2, 0.25) is 0 Å². The predicted octanol–water partition coefficient (Wildman–Crippen LogP) is 4.29. The van der Waals surface area contributed by atoms with E-state index in [4.69, 9.17) is 0 Å². The molecule has 2 rings (SSSR count). The van der Waals surface area contributed by atoms with E-state index < -0.39 is 0 Å². The molecule has 1 heterocycles. The Balaban J connectivity index is 1.93. The van der Waals surface area contributed by atoms with Crippen molar-refractivity contribution >= 4 is 60.9 Å². The minimum atomic E-state index is 0.0492. The second-order valence-corrected chi connectivity index (χ2v) is 8.44. The number of thioether (sulfide) groups is 1. The summed E-state index contributed by atoms with van der Waals surface area (Å²) in [5, 5.41) is 3.83. The Hall–Kier alpha value is 0.480. The summed E-state index contributed by atoms with van der Waals surface area (Å²) in [6, 6.07) is 2.21. The van der Waals surface area contributed by atoms with Gasteiger partial charge in [0.15, 0.2) is 0 Å². The Morgan fingerprint density at radius 2 is 2.29 bits per heavy atom. The largest absolute Gasteiger partial charge is 0.349 e. The molecular weight excluding hydrogens is 386 g/mol. The fourth-order valence-electron chi connectivity index (χ4n) is 2.00. The van der Waals surface area contributed by atoms with E-state index in [0.717, 1.165) is 26.0 Å². The van der Waals surface area contributed by atoms with Crippen LogP contribution in [0.2, 0.25) is 0 Å². The lowest BCUT2D eigenvalue weighted by Crippen LogP contribution is -2.32. The van der Waals surface area contributed by atoms with Crippen LogP contribution in [0.3, 0.4) is 0 Å². The summed E-state index contributed by atoms with van der Waals surface area (Å²) in [6.45, 7) is 0. The zero-order chi connectivity index (χ0) is 12.4. The normalized spacial score (nSPS) is 23.9. The van der Waals surface area contributed by atoms with E-state index in [1.807, 2.05) is 17.8 Å². The van der Waals surface area contributed by atoms with Crippen molar-refractivity contribution in [2.24, 2.45) is 0 Å². The summed E-state index contributed by atoms with van der Waals surface area (Å²) in [6.07, 6.45) is 5.55. The second kappa shape index (κ2) is 6.08. The van der Waals surface area contributed by atoms with Gasteiger partial charge < -0.3 is 5.32 Å². The van der Waals surface area contributed by atoms with Gasteiger partial charge in [0, 0.05) is 15.8 Å². The van der Waals surface area contributed by atoms with Crippen molar-refractivity contribution in [2.75, 3.05) is 6.26 Å². The van der Waals surface area contributed by atoms with Crippen LogP contribution in [0.5, 0.6) is 0 Å². The molecule has 1 N–H and O–H groups in total. The summed E-state index contributed by atoms with van der Waals surface area (Å²) in [7, 11) is 0. The minimum Gasteiger partial charge on any atom is -0.349 e. The maximum absolute atomic E-state index is 12.0. The minimum absolute atomic E-state index is 0.0492. The molecule has 2 atom stereocenters. The van der Waals surface area contributed by atoms with Crippen LogP contribution < -0.4 is 5.32 Å². The van der Waals surface area contributed by atoms with Crippen LogP contribution in [0.1, 0.15) is 28.9 Å². The fraction of sp³-hybridized carbons (Fsp3) is 0.545. The highest BCUT2D eigenvalue weighted by molar-refractivity contribution is 9.13. The van der Waals surface area contributed by atoms with Gasteiger partial charge in [0.25, 0.3) is 5.91 Å². The Bertz CT molecular complexity index is 402. The SMILES string of the molecule is CSC1CCC(NC(=O)c2cc(Br)c(Br)s2)C1. The lowest BCUT2D eigenvalue weighted by atomic mass is 10.2. The molecule has 0 saturated heterocycles. The summed E-state index contributed by atoms with van der Waals surface area (Å²) < 4.78 is 1.91. The number of halogens is 2. The van der Waals surface area contributed by atoms with Crippen molar-refractivity contribution in [1.29, 1.82) is 0 Å². The molecule has 0 bridgehead atoms. The van der Waals surface area contributed by atoms with Gasteiger partial charge >= 0.3 is 0 Å². The molecule has 94 valence electrons. The number of thiophene rings is 1. The van der Waals surface area contributed by atoms with Crippen LogP contribution in [0.25, 0.3) is 0 Å². The maximum atomic E-state index is 12.0. The first kappa shape index (κ1) is 13.9. The van der Waals surface area contributed by atoms with E-state index >= 15 is 0 Å². The molecule has 1 aromatic rings. The number of hydrogen-bond acceptors (Lipinski definition) is 3. The highest BCUT2D eigenvalue weighted by atomic mass is 79.9. The molecule has 2 unspecified atom stereocenters. The van der Waals surface area contributed by atoms with E-state index in [0.29, 0.717) is 11.3 Å².